The molecule has 0 amide bonds. The average Bonchev–Trinajstić information content (AvgIpc) is 2.29. The maximum Gasteiger partial charge on any atom is 0.269 e. The first-order valence-corrected chi connectivity index (χ1v) is 4.93. The van der Waals surface area contributed by atoms with Crippen LogP contribution in [0.1, 0.15) is 0 Å². The van der Waals surface area contributed by atoms with Crippen molar-refractivity contribution in [2.75, 3.05) is 0 Å². The van der Waals surface area contributed by atoms with Gasteiger partial charge in [-0.25, -0.2) is 0 Å². The van der Waals surface area contributed by atoms with Crippen LogP contribution in [0.15, 0.2) is 36.7 Å². The summed E-state index contributed by atoms with van der Waals surface area (Å²) in [6, 6.07) is 5.63. The van der Waals surface area contributed by atoms with Gasteiger partial charge in [0.1, 0.15) is 5.75 Å². The Morgan fingerprint density at radius 3 is 2.53 bits per heavy atom. The minimum absolute atomic E-state index is 0.00507. The number of nitro benzene ring substituents is 1. The van der Waals surface area contributed by atoms with E-state index in [0.29, 0.717) is 5.75 Å². The summed E-state index contributed by atoms with van der Waals surface area (Å²) in [6.07, 6.45) is 2.78. The maximum atomic E-state index is 10.4. The highest BCUT2D eigenvalue weighted by molar-refractivity contribution is 6.29. The lowest BCUT2D eigenvalue weighted by atomic mass is 10.3. The second-order valence-electron chi connectivity index (χ2n) is 3.03. The normalized spacial score (nSPS) is 9.94. The van der Waals surface area contributed by atoms with Crippen LogP contribution in [0.3, 0.4) is 0 Å². The van der Waals surface area contributed by atoms with Crippen molar-refractivity contribution in [1.29, 1.82) is 0 Å². The lowest BCUT2D eigenvalue weighted by Gasteiger charge is -2.03. The first-order valence-electron chi connectivity index (χ1n) is 4.55. The topological polar surface area (TPSA) is 78.2 Å². The Balaban J connectivity index is 2.16. The van der Waals surface area contributed by atoms with Crippen LogP contribution in [0.4, 0.5) is 5.69 Å². The van der Waals surface area contributed by atoms with Crippen LogP contribution in [0, 0.1) is 10.1 Å². The van der Waals surface area contributed by atoms with E-state index >= 15 is 0 Å². The van der Waals surface area contributed by atoms with Gasteiger partial charge in [0.2, 0.25) is 5.88 Å². The molecule has 2 aromatic rings. The van der Waals surface area contributed by atoms with Crippen LogP contribution in [-0.2, 0) is 0 Å². The highest BCUT2D eigenvalue weighted by Gasteiger charge is 2.05. The van der Waals surface area contributed by atoms with E-state index in [0.717, 1.165) is 0 Å². The highest BCUT2D eigenvalue weighted by Crippen LogP contribution is 2.22. The third-order valence-electron chi connectivity index (χ3n) is 1.85. The number of rotatable bonds is 3. The Labute approximate surface area is 101 Å². The fourth-order valence-electron chi connectivity index (χ4n) is 1.13. The molecule has 2 rings (SSSR count). The zero-order valence-corrected chi connectivity index (χ0v) is 9.16. The number of nitro groups is 1. The van der Waals surface area contributed by atoms with E-state index in [1.165, 1.54) is 36.7 Å². The van der Waals surface area contributed by atoms with Crippen molar-refractivity contribution in [2.24, 2.45) is 0 Å². The largest absolute Gasteiger partial charge is 0.437 e. The average molecular weight is 252 g/mol. The van der Waals surface area contributed by atoms with Gasteiger partial charge in [-0.05, 0) is 12.1 Å². The van der Waals surface area contributed by atoms with Gasteiger partial charge in [-0.3, -0.25) is 15.1 Å². The standard InChI is InChI=1S/C10H6ClN3O3/c11-9-5-12-6-10(13-9)17-8-3-1-7(2-4-8)14(15)16/h1-6H. The second kappa shape index (κ2) is 4.75. The number of non-ortho nitro benzene ring substituents is 1. The van der Waals surface area contributed by atoms with E-state index in [1.807, 2.05) is 0 Å². The zero-order valence-electron chi connectivity index (χ0n) is 8.41. The van der Waals surface area contributed by atoms with Crippen molar-refractivity contribution in [3.8, 4) is 11.6 Å². The summed E-state index contributed by atoms with van der Waals surface area (Å²) in [5.74, 6) is 0.651. The molecule has 1 aromatic heterocycles. The quantitative estimate of drug-likeness (QED) is 0.619. The Morgan fingerprint density at radius 1 is 1.24 bits per heavy atom. The molecular formula is C10H6ClN3O3. The Bertz CT molecular complexity index is 545. The number of hydrogen-bond donors (Lipinski definition) is 0. The molecule has 0 unspecified atom stereocenters. The summed E-state index contributed by atoms with van der Waals surface area (Å²) in [5, 5.41) is 10.7. The van der Waals surface area contributed by atoms with Gasteiger partial charge < -0.3 is 4.74 Å². The van der Waals surface area contributed by atoms with Crippen molar-refractivity contribution in [3.63, 3.8) is 0 Å². The molecule has 7 heteroatoms. The lowest BCUT2D eigenvalue weighted by molar-refractivity contribution is -0.384. The van der Waals surface area contributed by atoms with Crippen molar-refractivity contribution >= 4 is 17.3 Å². The summed E-state index contributed by atoms with van der Waals surface area (Å²) in [4.78, 5) is 17.6. The summed E-state index contributed by atoms with van der Waals surface area (Å²) in [5.41, 5.74) is -0.00507. The lowest BCUT2D eigenvalue weighted by Crippen LogP contribution is -1.90. The number of hydrogen-bond acceptors (Lipinski definition) is 5. The zero-order chi connectivity index (χ0) is 12.3. The number of aromatic nitrogens is 2. The molecule has 0 spiro atoms. The minimum Gasteiger partial charge on any atom is -0.437 e. The van der Waals surface area contributed by atoms with Gasteiger partial charge in [-0.2, -0.15) is 4.98 Å². The smallest absolute Gasteiger partial charge is 0.269 e. The molecule has 0 atom stereocenters. The molecule has 0 N–H and O–H groups in total. The van der Waals surface area contributed by atoms with Crippen molar-refractivity contribution < 1.29 is 9.66 Å². The molecule has 86 valence electrons. The van der Waals surface area contributed by atoms with E-state index in [9.17, 15) is 10.1 Å². The third kappa shape index (κ3) is 2.88. The van der Waals surface area contributed by atoms with Crippen molar-refractivity contribution in [3.05, 3.63) is 51.9 Å². The predicted octanol–water partition coefficient (Wildman–Crippen LogP) is 2.83. The van der Waals surface area contributed by atoms with Crippen LogP contribution < -0.4 is 4.74 Å². The molecule has 6 nitrogen and oxygen atoms in total. The van der Waals surface area contributed by atoms with Gasteiger partial charge in [0.25, 0.3) is 5.69 Å². The van der Waals surface area contributed by atoms with E-state index in [2.05, 4.69) is 9.97 Å². The molecule has 0 aliphatic rings. The number of benzene rings is 1. The van der Waals surface area contributed by atoms with Gasteiger partial charge >= 0.3 is 0 Å². The monoisotopic (exact) mass is 251 g/mol. The molecule has 0 radical (unpaired) electrons. The third-order valence-corrected chi connectivity index (χ3v) is 2.04. The predicted molar refractivity (Wildman–Crippen MR) is 60.2 cm³/mol. The molecular weight excluding hydrogens is 246 g/mol. The van der Waals surface area contributed by atoms with Gasteiger partial charge in [0.15, 0.2) is 5.15 Å². The maximum absolute atomic E-state index is 10.4. The van der Waals surface area contributed by atoms with Gasteiger partial charge in [-0.1, -0.05) is 11.6 Å². The Hall–Kier alpha value is -2.21. The fraction of sp³-hybridized carbons (Fsp3) is 0. The molecule has 0 aliphatic heterocycles. The molecule has 0 saturated carbocycles. The SMILES string of the molecule is O=[N+]([O-])c1ccc(Oc2cncc(Cl)n2)cc1. The van der Waals surface area contributed by atoms with Crippen LogP contribution in [-0.4, -0.2) is 14.9 Å². The van der Waals surface area contributed by atoms with E-state index in [4.69, 9.17) is 16.3 Å². The first kappa shape index (κ1) is 11.3. The molecule has 1 aromatic carbocycles. The number of halogens is 1. The van der Waals surface area contributed by atoms with Gasteiger partial charge in [-0.15, -0.1) is 0 Å². The highest BCUT2D eigenvalue weighted by atomic mass is 35.5. The Morgan fingerprint density at radius 2 is 1.94 bits per heavy atom. The van der Waals surface area contributed by atoms with Gasteiger partial charge in [0, 0.05) is 12.1 Å². The molecule has 0 saturated heterocycles. The molecule has 0 bridgehead atoms. The summed E-state index contributed by atoms with van der Waals surface area (Å²) < 4.78 is 5.31. The fourth-order valence-corrected chi connectivity index (χ4v) is 1.27. The van der Waals surface area contributed by atoms with E-state index < -0.39 is 4.92 Å². The van der Waals surface area contributed by atoms with Crippen LogP contribution in [0.25, 0.3) is 0 Å². The number of nitrogens with zero attached hydrogens (tertiary/aromatic N) is 3. The van der Waals surface area contributed by atoms with Crippen molar-refractivity contribution in [2.45, 2.75) is 0 Å². The van der Waals surface area contributed by atoms with Crippen LogP contribution >= 0.6 is 11.6 Å². The minimum atomic E-state index is -0.483. The Kier molecular flexibility index (Phi) is 3.15. The van der Waals surface area contributed by atoms with Crippen LogP contribution in [0.5, 0.6) is 11.6 Å². The molecule has 0 fully saturated rings. The molecule has 0 aliphatic carbocycles. The second-order valence-corrected chi connectivity index (χ2v) is 3.42. The van der Waals surface area contributed by atoms with Crippen LogP contribution in [0.2, 0.25) is 5.15 Å². The first-order chi connectivity index (χ1) is 8.15. The number of ether oxygens (including phenoxy) is 1. The van der Waals surface area contributed by atoms with E-state index in [-0.39, 0.29) is 16.7 Å². The van der Waals surface area contributed by atoms with Gasteiger partial charge in [0.05, 0.1) is 17.3 Å². The van der Waals surface area contributed by atoms with Crippen molar-refractivity contribution in [1.82, 2.24) is 9.97 Å². The summed E-state index contributed by atoms with van der Waals surface area (Å²) >= 11 is 5.63. The summed E-state index contributed by atoms with van der Waals surface area (Å²) in [7, 11) is 0. The van der Waals surface area contributed by atoms with E-state index in [1.54, 1.807) is 0 Å². The molecule has 1 heterocycles. The summed E-state index contributed by atoms with van der Waals surface area (Å²) in [6.45, 7) is 0. The molecule has 17 heavy (non-hydrogen) atoms.